The Morgan fingerprint density at radius 3 is 2.83 bits per heavy atom. The average molecular weight is 268 g/mol. The summed E-state index contributed by atoms with van der Waals surface area (Å²) in [6.45, 7) is 6.34. The number of rotatable bonds is 7. The number of ether oxygens (including phenoxy) is 1. The van der Waals surface area contributed by atoms with E-state index in [2.05, 4.69) is 11.9 Å². The third-order valence-corrected chi connectivity index (χ3v) is 2.51. The van der Waals surface area contributed by atoms with Gasteiger partial charge < -0.3 is 10.1 Å². The summed E-state index contributed by atoms with van der Waals surface area (Å²) in [5.74, 6) is 0.831. The highest BCUT2D eigenvalue weighted by Gasteiger charge is 2.02. The van der Waals surface area contributed by atoms with Crippen molar-refractivity contribution in [1.82, 2.24) is 5.32 Å². The van der Waals surface area contributed by atoms with E-state index in [0.29, 0.717) is 31.0 Å². The fraction of sp³-hybridized carbons (Fsp3) is 0.357. The van der Waals surface area contributed by atoms with Crippen LogP contribution in [0.2, 0.25) is 0 Å². The Kier molecular flexibility index (Phi) is 6.29. The quantitative estimate of drug-likeness (QED) is 0.771. The van der Waals surface area contributed by atoms with Gasteiger partial charge in [0.05, 0.1) is 13.2 Å². The number of aryl methyl sites for hydroxylation is 1. The molecule has 0 bridgehead atoms. The van der Waals surface area contributed by atoms with Crippen LogP contribution in [0.25, 0.3) is 0 Å². The highest BCUT2D eigenvalue weighted by Crippen LogP contribution is 2.16. The number of para-hydroxylation sites is 1. The highest BCUT2D eigenvalue weighted by atomic mass is 35.5. The van der Waals surface area contributed by atoms with Crippen LogP contribution in [0.3, 0.4) is 0 Å². The van der Waals surface area contributed by atoms with Crippen LogP contribution in [-0.2, 0) is 4.79 Å². The molecule has 0 unspecified atom stereocenters. The van der Waals surface area contributed by atoms with Crippen molar-refractivity contribution in [2.24, 2.45) is 0 Å². The predicted molar refractivity (Wildman–Crippen MR) is 73.9 cm³/mol. The molecule has 0 radical (unpaired) electrons. The molecule has 0 fully saturated rings. The molecule has 0 aliphatic heterocycles. The van der Waals surface area contributed by atoms with E-state index < -0.39 is 0 Å². The third kappa shape index (κ3) is 5.73. The van der Waals surface area contributed by atoms with Crippen molar-refractivity contribution >= 4 is 17.5 Å². The first-order valence-corrected chi connectivity index (χ1v) is 6.26. The number of carbonyl (C=O) groups is 1. The average Bonchev–Trinajstić information content (AvgIpc) is 2.34. The Morgan fingerprint density at radius 1 is 1.44 bits per heavy atom. The third-order valence-electron chi connectivity index (χ3n) is 2.38. The zero-order valence-corrected chi connectivity index (χ0v) is 11.3. The van der Waals surface area contributed by atoms with Crippen molar-refractivity contribution < 1.29 is 9.53 Å². The summed E-state index contributed by atoms with van der Waals surface area (Å²) in [5, 5.41) is 3.10. The molecule has 0 aliphatic rings. The summed E-state index contributed by atoms with van der Waals surface area (Å²) in [6, 6.07) is 7.82. The molecule has 0 aromatic heterocycles. The summed E-state index contributed by atoms with van der Waals surface area (Å²) in [4.78, 5) is 11.4. The molecule has 0 saturated carbocycles. The van der Waals surface area contributed by atoms with Crippen LogP contribution < -0.4 is 10.1 Å². The van der Waals surface area contributed by atoms with E-state index in [0.717, 1.165) is 11.3 Å². The van der Waals surface area contributed by atoms with Crippen LogP contribution >= 0.6 is 11.6 Å². The largest absolute Gasteiger partial charge is 0.493 e. The highest BCUT2D eigenvalue weighted by molar-refractivity contribution is 6.29. The lowest BCUT2D eigenvalue weighted by molar-refractivity contribution is -0.121. The van der Waals surface area contributed by atoms with E-state index in [9.17, 15) is 4.79 Å². The topological polar surface area (TPSA) is 38.3 Å². The molecule has 0 spiro atoms. The van der Waals surface area contributed by atoms with Crippen LogP contribution in [0.1, 0.15) is 18.4 Å². The monoisotopic (exact) mass is 267 g/mol. The molecule has 0 heterocycles. The Morgan fingerprint density at radius 2 is 2.17 bits per heavy atom. The second kappa shape index (κ2) is 7.77. The molecule has 0 saturated heterocycles. The molecule has 1 amide bonds. The summed E-state index contributed by atoms with van der Waals surface area (Å²) >= 11 is 5.55. The van der Waals surface area contributed by atoms with E-state index in [1.165, 1.54) is 0 Å². The Balaban J connectivity index is 2.17. The lowest BCUT2D eigenvalue weighted by atomic mass is 10.2. The van der Waals surface area contributed by atoms with Gasteiger partial charge in [0, 0.05) is 11.5 Å². The van der Waals surface area contributed by atoms with Crippen LogP contribution in [0.4, 0.5) is 0 Å². The van der Waals surface area contributed by atoms with Gasteiger partial charge in [0.2, 0.25) is 5.91 Å². The summed E-state index contributed by atoms with van der Waals surface area (Å²) in [7, 11) is 0. The lowest BCUT2D eigenvalue weighted by Gasteiger charge is -2.08. The van der Waals surface area contributed by atoms with Crippen molar-refractivity contribution in [2.75, 3.05) is 13.2 Å². The molecule has 3 nitrogen and oxygen atoms in total. The molecule has 1 N–H and O–H groups in total. The van der Waals surface area contributed by atoms with Gasteiger partial charge in [-0.15, -0.1) is 0 Å². The Labute approximate surface area is 113 Å². The van der Waals surface area contributed by atoms with E-state index >= 15 is 0 Å². The van der Waals surface area contributed by atoms with Gasteiger partial charge in [-0.1, -0.05) is 36.4 Å². The van der Waals surface area contributed by atoms with Crippen molar-refractivity contribution in [1.29, 1.82) is 0 Å². The number of halogens is 1. The van der Waals surface area contributed by atoms with Crippen LogP contribution in [0.15, 0.2) is 35.9 Å². The first-order chi connectivity index (χ1) is 8.59. The van der Waals surface area contributed by atoms with Crippen molar-refractivity contribution in [3.8, 4) is 5.75 Å². The first-order valence-electron chi connectivity index (χ1n) is 5.88. The molecule has 1 aromatic rings. The lowest BCUT2D eigenvalue weighted by Crippen LogP contribution is -2.24. The summed E-state index contributed by atoms with van der Waals surface area (Å²) in [5.41, 5.74) is 1.10. The molecule has 1 rings (SSSR count). The number of carbonyl (C=O) groups excluding carboxylic acids is 1. The molecular weight excluding hydrogens is 250 g/mol. The fourth-order valence-electron chi connectivity index (χ4n) is 1.42. The van der Waals surface area contributed by atoms with E-state index in [4.69, 9.17) is 16.3 Å². The normalized spacial score (nSPS) is 9.89. The first kappa shape index (κ1) is 14.6. The maximum Gasteiger partial charge on any atom is 0.220 e. The molecule has 18 heavy (non-hydrogen) atoms. The van der Waals surface area contributed by atoms with Gasteiger partial charge in [-0.2, -0.15) is 0 Å². The second-order valence-corrected chi connectivity index (χ2v) is 4.55. The van der Waals surface area contributed by atoms with Crippen molar-refractivity contribution in [2.45, 2.75) is 19.8 Å². The maximum atomic E-state index is 11.4. The van der Waals surface area contributed by atoms with E-state index in [1.54, 1.807) is 0 Å². The second-order valence-electron chi connectivity index (χ2n) is 4.01. The SMILES string of the molecule is C=C(Cl)CNC(=O)CCCOc1ccccc1C. The van der Waals surface area contributed by atoms with Gasteiger partial charge >= 0.3 is 0 Å². The number of benzene rings is 1. The summed E-state index contributed by atoms with van der Waals surface area (Å²) < 4.78 is 5.59. The Hall–Kier alpha value is -1.48. The Bertz CT molecular complexity index is 418. The minimum atomic E-state index is -0.0369. The van der Waals surface area contributed by atoms with Crippen LogP contribution in [-0.4, -0.2) is 19.1 Å². The molecule has 98 valence electrons. The van der Waals surface area contributed by atoms with Gasteiger partial charge in [0.1, 0.15) is 5.75 Å². The van der Waals surface area contributed by atoms with Gasteiger partial charge in [-0.05, 0) is 25.0 Å². The molecule has 1 aromatic carbocycles. The smallest absolute Gasteiger partial charge is 0.220 e. The van der Waals surface area contributed by atoms with Gasteiger partial charge in [0.15, 0.2) is 0 Å². The molecule has 0 atom stereocenters. The van der Waals surface area contributed by atoms with Crippen molar-refractivity contribution in [3.63, 3.8) is 0 Å². The van der Waals surface area contributed by atoms with E-state index in [-0.39, 0.29) is 5.91 Å². The molecule has 4 heteroatoms. The predicted octanol–water partition coefficient (Wildman–Crippen LogP) is 3.02. The molecule has 0 aliphatic carbocycles. The number of nitrogens with one attached hydrogen (secondary N) is 1. The number of hydrogen-bond donors (Lipinski definition) is 1. The van der Waals surface area contributed by atoms with Crippen LogP contribution in [0.5, 0.6) is 5.75 Å². The van der Waals surface area contributed by atoms with E-state index in [1.807, 2.05) is 31.2 Å². The molecular formula is C14H18ClNO2. The fourth-order valence-corrected chi connectivity index (χ4v) is 1.48. The van der Waals surface area contributed by atoms with Crippen molar-refractivity contribution in [3.05, 3.63) is 41.4 Å². The van der Waals surface area contributed by atoms with Gasteiger partial charge in [0.25, 0.3) is 0 Å². The van der Waals surface area contributed by atoms with Gasteiger partial charge in [-0.25, -0.2) is 0 Å². The maximum absolute atomic E-state index is 11.4. The standard InChI is InChI=1S/C14H18ClNO2/c1-11-6-3-4-7-13(11)18-9-5-8-14(17)16-10-12(2)15/h3-4,6-7H,2,5,8-10H2,1H3,(H,16,17). The summed E-state index contributed by atoms with van der Waals surface area (Å²) in [6.07, 6.45) is 1.10. The minimum absolute atomic E-state index is 0.0369. The van der Waals surface area contributed by atoms with Gasteiger partial charge in [-0.3, -0.25) is 4.79 Å². The number of hydrogen-bond acceptors (Lipinski definition) is 2. The zero-order valence-electron chi connectivity index (χ0n) is 10.5. The number of amides is 1. The van der Waals surface area contributed by atoms with Crippen LogP contribution in [0, 0.1) is 6.92 Å². The zero-order chi connectivity index (χ0) is 13.4. The minimum Gasteiger partial charge on any atom is -0.493 e.